The van der Waals surface area contributed by atoms with Gasteiger partial charge in [-0.05, 0) is 86.4 Å². The SMILES string of the molecule is CC1(C)[C@H]2CC=C(CSc3n[nH]c(C45CC6CC(CC(C6)C4)C5)n3)[C@@H]1C2. The van der Waals surface area contributed by atoms with Crippen molar-refractivity contribution < 1.29 is 0 Å². The van der Waals surface area contributed by atoms with E-state index in [4.69, 9.17) is 4.98 Å². The lowest BCUT2D eigenvalue weighted by Crippen LogP contribution is -2.49. The molecule has 6 bridgehead atoms. The second-order valence-corrected chi connectivity index (χ2v) is 11.7. The molecule has 5 saturated carbocycles. The fraction of sp³-hybridized carbons (Fsp3) is 0.818. The van der Waals surface area contributed by atoms with Crippen LogP contribution in [0.5, 0.6) is 0 Å². The van der Waals surface area contributed by atoms with Gasteiger partial charge in [0.1, 0.15) is 5.82 Å². The number of nitrogens with one attached hydrogen (secondary N) is 1. The number of nitrogens with zero attached hydrogens (tertiary/aromatic N) is 2. The molecule has 7 aliphatic rings. The zero-order chi connectivity index (χ0) is 17.5. The molecule has 0 radical (unpaired) electrons. The Morgan fingerprint density at radius 1 is 1.08 bits per heavy atom. The van der Waals surface area contributed by atoms with Crippen LogP contribution in [0.4, 0.5) is 0 Å². The minimum absolute atomic E-state index is 0.341. The van der Waals surface area contributed by atoms with Crippen molar-refractivity contribution in [3.05, 3.63) is 17.5 Å². The summed E-state index contributed by atoms with van der Waals surface area (Å²) < 4.78 is 0. The molecule has 0 spiro atoms. The molecule has 0 unspecified atom stereocenters. The van der Waals surface area contributed by atoms with Crippen LogP contribution in [0.25, 0.3) is 0 Å². The van der Waals surface area contributed by atoms with Gasteiger partial charge in [-0.2, -0.15) is 0 Å². The average molecular weight is 370 g/mol. The number of allylic oxidation sites excluding steroid dienone is 1. The molecule has 5 fully saturated rings. The summed E-state index contributed by atoms with van der Waals surface area (Å²) in [6.07, 6.45) is 13.8. The van der Waals surface area contributed by atoms with Crippen LogP contribution in [0.1, 0.15) is 71.0 Å². The van der Waals surface area contributed by atoms with E-state index in [1.807, 2.05) is 11.8 Å². The lowest BCUT2D eigenvalue weighted by Gasteiger charge is -2.56. The zero-order valence-electron chi connectivity index (χ0n) is 16.1. The van der Waals surface area contributed by atoms with Crippen LogP contribution in [-0.4, -0.2) is 20.9 Å². The van der Waals surface area contributed by atoms with Crippen LogP contribution in [0.15, 0.2) is 16.8 Å². The van der Waals surface area contributed by atoms with E-state index in [0.29, 0.717) is 10.8 Å². The molecule has 8 rings (SSSR count). The Morgan fingerprint density at radius 2 is 1.77 bits per heavy atom. The molecule has 0 aromatic carbocycles. The summed E-state index contributed by atoms with van der Waals surface area (Å²) in [5.41, 5.74) is 2.52. The Labute approximate surface area is 161 Å². The quantitative estimate of drug-likeness (QED) is 0.574. The Bertz CT molecular complexity index is 726. The van der Waals surface area contributed by atoms with Crippen LogP contribution in [0.2, 0.25) is 0 Å². The number of thioether (sulfide) groups is 1. The highest BCUT2D eigenvalue weighted by Crippen LogP contribution is 2.61. The Hall–Kier alpha value is -0.770. The number of rotatable bonds is 4. The summed E-state index contributed by atoms with van der Waals surface area (Å²) in [7, 11) is 0. The van der Waals surface area contributed by atoms with Gasteiger partial charge in [0, 0.05) is 11.2 Å². The summed E-state index contributed by atoms with van der Waals surface area (Å²) in [6, 6.07) is 0. The van der Waals surface area contributed by atoms with Gasteiger partial charge >= 0.3 is 0 Å². The Morgan fingerprint density at radius 3 is 2.38 bits per heavy atom. The maximum Gasteiger partial charge on any atom is 0.208 e. The molecule has 1 aromatic rings. The number of aromatic nitrogens is 3. The van der Waals surface area contributed by atoms with Gasteiger partial charge in [0.25, 0.3) is 0 Å². The molecule has 0 aliphatic heterocycles. The first kappa shape index (κ1) is 16.2. The summed E-state index contributed by atoms with van der Waals surface area (Å²) >= 11 is 1.86. The van der Waals surface area contributed by atoms with E-state index in [1.165, 1.54) is 57.2 Å². The molecule has 1 heterocycles. The molecule has 0 amide bonds. The lowest BCUT2D eigenvalue weighted by atomic mass is 9.49. The molecular formula is C22H31N3S. The third kappa shape index (κ3) is 2.26. The Kier molecular flexibility index (Phi) is 3.36. The summed E-state index contributed by atoms with van der Waals surface area (Å²) in [4.78, 5) is 5.03. The molecule has 1 N–H and O–H groups in total. The second kappa shape index (κ2) is 5.40. The molecular weight excluding hydrogens is 338 g/mol. The average Bonchev–Trinajstić information content (AvgIpc) is 3.09. The predicted molar refractivity (Wildman–Crippen MR) is 105 cm³/mol. The zero-order valence-corrected chi connectivity index (χ0v) is 16.9. The maximum atomic E-state index is 5.03. The molecule has 3 nitrogen and oxygen atoms in total. The molecule has 2 atom stereocenters. The highest BCUT2D eigenvalue weighted by molar-refractivity contribution is 7.99. The van der Waals surface area contributed by atoms with Gasteiger partial charge < -0.3 is 0 Å². The Balaban J connectivity index is 1.17. The van der Waals surface area contributed by atoms with Crippen molar-refractivity contribution in [2.45, 2.75) is 75.8 Å². The first-order chi connectivity index (χ1) is 12.5. The van der Waals surface area contributed by atoms with Gasteiger partial charge in [-0.3, -0.25) is 5.10 Å². The van der Waals surface area contributed by atoms with Crippen LogP contribution in [0, 0.1) is 35.0 Å². The van der Waals surface area contributed by atoms with Gasteiger partial charge in [0.2, 0.25) is 5.16 Å². The molecule has 26 heavy (non-hydrogen) atoms. The van der Waals surface area contributed by atoms with Crippen LogP contribution in [-0.2, 0) is 5.41 Å². The third-order valence-electron chi connectivity index (χ3n) is 8.96. The van der Waals surface area contributed by atoms with Crippen molar-refractivity contribution in [1.82, 2.24) is 15.2 Å². The normalized spacial score (nSPS) is 44.7. The van der Waals surface area contributed by atoms with Crippen LogP contribution in [0.3, 0.4) is 0 Å². The van der Waals surface area contributed by atoms with E-state index in [-0.39, 0.29) is 0 Å². The predicted octanol–water partition coefficient (Wildman–Crippen LogP) is 5.36. The molecule has 7 aliphatic carbocycles. The van der Waals surface area contributed by atoms with E-state index in [2.05, 4.69) is 30.1 Å². The van der Waals surface area contributed by atoms with Crippen LogP contribution >= 0.6 is 11.8 Å². The number of hydrogen-bond acceptors (Lipinski definition) is 3. The number of H-pyrrole nitrogens is 1. The minimum atomic E-state index is 0.341. The second-order valence-electron chi connectivity index (χ2n) is 10.8. The van der Waals surface area contributed by atoms with Crippen molar-refractivity contribution in [2.24, 2.45) is 35.0 Å². The van der Waals surface area contributed by atoms with Gasteiger partial charge in [-0.25, -0.2) is 4.98 Å². The van der Waals surface area contributed by atoms with Crippen molar-refractivity contribution in [3.8, 4) is 0 Å². The standard InChI is InChI=1S/C22H31N3S/c1-21(2)17-4-3-16(18(21)8-17)12-26-20-23-19(24-25-20)22-9-13-5-14(10-22)7-15(6-13)11-22/h3,13-15,17-18H,4-12H2,1-2H3,(H,23,24,25)/t13?,14?,15?,17-,18-,22?/m0/s1. The van der Waals surface area contributed by atoms with Gasteiger partial charge in [-0.15, -0.1) is 5.10 Å². The fourth-order valence-electron chi connectivity index (χ4n) is 7.74. The number of aromatic amines is 1. The lowest BCUT2D eigenvalue weighted by molar-refractivity contribution is -0.00931. The number of hydrogen-bond donors (Lipinski definition) is 1. The van der Waals surface area contributed by atoms with Gasteiger partial charge in [0.05, 0.1) is 0 Å². The smallest absolute Gasteiger partial charge is 0.208 e. The van der Waals surface area contributed by atoms with E-state index in [1.54, 1.807) is 5.57 Å². The van der Waals surface area contributed by atoms with Crippen molar-refractivity contribution in [3.63, 3.8) is 0 Å². The molecule has 0 saturated heterocycles. The van der Waals surface area contributed by atoms with Crippen molar-refractivity contribution >= 4 is 11.8 Å². The first-order valence-corrected chi connectivity index (χ1v) is 11.7. The van der Waals surface area contributed by atoms with E-state index >= 15 is 0 Å². The maximum absolute atomic E-state index is 5.03. The van der Waals surface area contributed by atoms with Gasteiger partial charge in [-0.1, -0.05) is 37.3 Å². The van der Waals surface area contributed by atoms with E-state index in [9.17, 15) is 0 Å². The van der Waals surface area contributed by atoms with Gasteiger partial charge in [0.15, 0.2) is 0 Å². The molecule has 1 aromatic heterocycles. The van der Waals surface area contributed by atoms with E-state index < -0.39 is 0 Å². The van der Waals surface area contributed by atoms with Crippen molar-refractivity contribution in [2.75, 3.05) is 5.75 Å². The largest absolute Gasteiger partial charge is 0.262 e. The molecule has 140 valence electrons. The fourth-order valence-corrected chi connectivity index (χ4v) is 8.62. The van der Waals surface area contributed by atoms with Crippen molar-refractivity contribution in [1.29, 1.82) is 0 Å². The van der Waals surface area contributed by atoms with Crippen LogP contribution < -0.4 is 0 Å². The van der Waals surface area contributed by atoms with E-state index in [0.717, 1.165) is 40.5 Å². The number of fused-ring (bicyclic) bond motifs is 1. The minimum Gasteiger partial charge on any atom is -0.262 e. The summed E-state index contributed by atoms with van der Waals surface area (Å²) in [5, 5.41) is 9.00. The third-order valence-corrected chi connectivity index (χ3v) is 9.87. The highest BCUT2D eigenvalue weighted by atomic mass is 32.2. The molecule has 4 heteroatoms. The summed E-state index contributed by atoms with van der Waals surface area (Å²) in [6.45, 7) is 4.92. The first-order valence-electron chi connectivity index (χ1n) is 10.8. The topological polar surface area (TPSA) is 41.6 Å². The highest BCUT2D eigenvalue weighted by Gasteiger charge is 2.53. The monoisotopic (exact) mass is 369 g/mol. The summed E-state index contributed by atoms with van der Waals surface area (Å²) in [5.74, 6) is 6.92.